The van der Waals surface area contributed by atoms with Gasteiger partial charge in [0.05, 0.1) is 0 Å². The number of hydrogen-bond donors (Lipinski definition) is 2. The first-order chi connectivity index (χ1) is 9.69. The van der Waals surface area contributed by atoms with E-state index in [1.807, 2.05) is 7.05 Å². The van der Waals surface area contributed by atoms with Gasteiger partial charge in [0.1, 0.15) is 0 Å². The minimum absolute atomic E-state index is 0.632. The fourth-order valence-electron chi connectivity index (χ4n) is 2.26. The third-order valence-electron chi connectivity index (χ3n) is 3.49. The molecule has 1 aromatic rings. The van der Waals surface area contributed by atoms with E-state index in [4.69, 9.17) is 0 Å². The first-order valence-corrected chi connectivity index (χ1v) is 7.61. The van der Waals surface area contributed by atoms with E-state index in [-0.39, 0.29) is 0 Å². The van der Waals surface area contributed by atoms with E-state index in [1.54, 1.807) is 0 Å². The molecule has 1 aliphatic heterocycles. The lowest BCUT2D eigenvalue weighted by Crippen LogP contribution is -2.31. The Hall–Kier alpha value is -1.59. The molecule has 1 saturated heterocycles. The maximum atomic E-state index is 4.55. The third kappa shape index (κ3) is 4.21. The highest BCUT2D eigenvalue weighted by atomic mass is 15.3. The van der Waals surface area contributed by atoms with E-state index in [0.717, 1.165) is 32.0 Å². The lowest BCUT2D eigenvalue weighted by molar-refractivity contribution is 0.567. The van der Waals surface area contributed by atoms with Crippen molar-refractivity contribution in [3.05, 3.63) is 0 Å². The summed E-state index contributed by atoms with van der Waals surface area (Å²) in [5.74, 6) is 2.77. The second-order valence-electron chi connectivity index (χ2n) is 5.69. The summed E-state index contributed by atoms with van der Waals surface area (Å²) in [4.78, 5) is 15.6. The molecule has 0 bridgehead atoms. The van der Waals surface area contributed by atoms with Crippen LogP contribution in [-0.4, -0.2) is 41.6 Å². The van der Waals surface area contributed by atoms with E-state index >= 15 is 0 Å². The first kappa shape index (κ1) is 14.8. The zero-order valence-electron chi connectivity index (χ0n) is 12.8. The second kappa shape index (κ2) is 7.26. The lowest BCUT2D eigenvalue weighted by Gasteiger charge is -2.26. The standard InChI is InChI=1S/C14H26N6/c1-11(2)7-8-16-13-17-12(15-3)18-14(19-13)20-9-5-4-6-10-20/h11H,4-10H2,1-3H3,(H2,15,16,17,18,19). The Morgan fingerprint density at radius 1 is 1.05 bits per heavy atom. The summed E-state index contributed by atoms with van der Waals surface area (Å²) in [6, 6.07) is 0. The normalized spacial score (nSPS) is 15.5. The van der Waals surface area contributed by atoms with Crippen LogP contribution >= 0.6 is 0 Å². The van der Waals surface area contributed by atoms with Crippen LogP contribution in [-0.2, 0) is 0 Å². The number of anilines is 3. The Bertz CT molecular complexity index is 414. The van der Waals surface area contributed by atoms with Crippen molar-refractivity contribution in [2.24, 2.45) is 5.92 Å². The van der Waals surface area contributed by atoms with E-state index in [2.05, 4.69) is 44.3 Å². The molecule has 0 saturated carbocycles. The molecule has 0 spiro atoms. The average Bonchev–Trinajstić information content (AvgIpc) is 2.47. The maximum absolute atomic E-state index is 4.55. The van der Waals surface area contributed by atoms with Gasteiger partial charge in [-0.05, 0) is 31.6 Å². The average molecular weight is 278 g/mol. The van der Waals surface area contributed by atoms with Crippen LogP contribution in [0.3, 0.4) is 0 Å². The number of rotatable bonds is 6. The second-order valence-corrected chi connectivity index (χ2v) is 5.69. The predicted molar refractivity (Wildman–Crippen MR) is 83.4 cm³/mol. The molecule has 0 unspecified atom stereocenters. The summed E-state index contributed by atoms with van der Waals surface area (Å²) in [5, 5.41) is 6.32. The highest BCUT2D eigenvalue weighted by Crippen LogP contribution is 2.18. The summed E-state index contributed by atoms with van der Waals surface area (Å²) < 4.78 is 0. The molecule has 0 atom stereocenters. The van der Waals surface area contributed by atoms with Crippen molar-refractivity contribution in [1.29, 1.82) is 0 Å². The van der Waals surface area contributed by atoms with Crippen LogP contribution in [0, 0.1) is 5.92 Å². The zero-order chi connectivity index (χ0) is 14.4. The van der Waals surface area contributed by atoms with Crippen LogP contribution in [0.2, 0.25) is 0 Å². The molecule has 20 heavy (non-hydrogen) atoms. The Kier molecular flexibility index (Phi) is 5.38. The topological polar surface area (TPSA) is 66.0 Å². The molecule has 0 aliphatic carbocycles. The van der Waals surface area contributed by atoms with Crippen LogP contribution in [0.15, 0.2) is 0 Å². The number of nitrogens with one attached hydrogen (secondary N) is 2. The zero-order valence-corrected chi connectivity index (χ0v) is 12.8. The van der Waals surface area contributed by atoms with Crippen molar-refractivity contribution < 1.29 is 0 Å². The number of piperidine rings is 1. The van der Waals surface area contributed by atoms with Crippen molar-refractivity contribution in [3.8, 4) is 0 Å². The molecule has 0 aromatic carbocycles. The Morgan fingerprint density at radius 2 is 1.75 bits per heavy atom. The van der Waals surface area contributed by atoms with Crippen molar-refractivity contribution in [1.82, 2.24) is 15.0 Å². The van der Waals surface area contributed by atoms with E-state index < -0.39 is 0 Å². The van der Waals surface area contributed by atoms with Crippen molar-refractivity contribution in [3.63, 3.8) is 0 Å². The van der Waals surface area contributed by atoms with Gasteiger partial charge in [-0.25, -0.2) is 0 Å². The molecule has 1 aromatic heterocycles. The summed E-state index contributed by atoms with van der Waals surface area (Å²) in [6.45, 7) is 7.40. The predicted octanol–water partition coefficient (Wildman–Crippen LogP) is 2.36. The quantitative estimate of drug-likeness (QED) is 0.833. The summed E-state index contributed by atoms with van der Waals surface area (Å²) >= 11 is 0. The van der Waals surface area contributed by atoms with Crippen molar-refractivity contribution in [2.45, 2.75) is 39.5 Å². The highest BCUT2D eigenvalue weighted by molar-refractivity contribution is 5.43. The molecule has 1 aliphatic rings. The smallest absolute Gasteiger partial charge is 0.231 e. The fraction of sp³-hybridized carbons (Fsp3) is 0.786. The number of aromatic nitrogens is 3. The largest absolute Gasteiger partial charge is 0.357 e. The Morgan fingerprint density at radius 3 is 2.40 bits per heavy atom. The molecule has 0 radical (unpaired) electrons. The summed E-state index contributed by atoms with van der Waals surface area (Å²) in [7, 11) is 1.84. The van der Waals surface area contributed by atoms with Crippen molar-refractivity contribution >= 4 is 17.8 Å². The van der Waals surface area contributed by atoms with E-state index in [0.29, 0.717) is 17.8 Å². The van der Waals surface area contributed by atoms with Gasteiger partial charge < -0.3 is 15.5 Å². The van der Waals surface area contributed by atoms with Gasteiger partial charge in [0, 0.05) is 26.7 Å². The maximum Gasteiger partial charge on any atom is 0.231 e. The minimum Gasteiger partial charge on any atom is -0.357 e. The lowest BCUT2D eigenvalue weighted by atomic mass is 10.1. The van der Waals surface area contributed by atoms with Gasteiger partial charge in [0.25, 0.3) is 0 Å². The number of nitrogens with zero attached hydrogens (tertiary/aromatic N) is 4. The highest BCUT2D eigenvalue weighted by Gasteiger charge is 2.15. The third-order valence-corrected chi connectivity index (χ3v) is 3.49. The van der Waals surface area contributed by atoms with Gasteiger partial charge in [-0.3, -0.25) is 0 Å². The molecular weight excluding hydrogens is 252 g/mol. The molecule has 6 heteroatoms. The van der Waals surface area contributed by atoms with Gasteiger partial charge in [-0.15, -0.1) is 0 Å². The molecular formula is C14H26N6. The van der Waals surface area contributed by atoms with Gasteiger partial charge in [0.15, 0.2) is 0 Å². The van der Waals surface area contributed by atoms with Crippen LogP contribution < -0.4 is 15.5 Å². The van der Waals surface area contributed by atoms with Crippen LogP contribution in [0.4, 0.5) is 17.8 Å². The van der Waals surface area contributed by atoms with Crippen LogP contribution in [0.1, 0.15) is 39.5 Å². The molecule has 112 valence electrons. The van der Waals surface area contributed by atoms with Crippen LogP contribution in [0.5, 0.6) is 0 Å². The van der Waals surface area contributed by atoms with Gasteiger partial charge in [-0.2, -0.15) is 15.0 Å². The summed E-state index contributed by atoms with van der Waals surface area (Å²) in [5.41, 5.74) is 0. The Labute approximate surface area is 121 Å². The molecule has 1 fully saturated rings. The molecule has 0 amide bonds. The SMILES string of the molecule is CNc1nc(NCCC(C)C)nc(N2CCCCC2)n1. The first-order valence-electron chi connectivity index (χ1n) is 7.61. The van der Waals surface area contributed by atoms with Crippen LogP contribution in [0.25, 0.3) is 0 Å². The van der Waals surface area contributed by atoms with E-state index in [1.165, 1.54) is 19.3 Å². The minimum atomic E-state index is 0.632. The van der Waals surface area contributed by atoms with Gasteiger partial charge in [-0.1, -0.05) is 13.8 Å². The monoisotopic (exact) mass is 278 g/mol. The Balaban J connectivity index is 2.06. The molecule has 2 N–H and O–H groups in total. The van der Waals surface area contributed by atoms with Gasteiger partial charge >= 0.3 is 0 Å². The number of hydrogen-bond acceptors (Lipinski definition) is 6. The fourth-order valence-corrected chi connectivity index (χ4v) is 2.26. The van der Waals surface area contributed by atoms with Gasteiger partial charge in [0.2, 0.25) is 17.8 Å². The molecule has 2 rings (SSSR count). The van der Waals surface area contributed by atoms with E-state index in [9.17, 15) is 0 Å². The molecule has 2 heterocycles. The summed E-state index contributed by atoms with van der Waals surface area (Å²) in [6.07, 6.45) is 4.85. The molecule has 6 nitrogen and oxygen atoms in total. The van der Waals surface area contributed by atoms with Crippen molar-refractivity contribution in [2.75, 3.05) is 42.2 Å².